The van der Waals surface area contributed by atoms with Crippen LogP contribution in [0.25, 0.3) is 0 Å². The Labute approximate surface area is 111 Å². The van der Waals surface area contributed by atoms with Crippen LogP contribution in [-0.2, 0) is 12.0 Å². The van der Waals surface area contributed by atoms with Crippen LogP contribution < -0.4 is 10.2 Å². The third-order valence-electron chi connectivity index (χ3n) is 3.72. The van der Waals surface area contributed by atoms with Crippen molar-refractivity contribution in [2.45, 2.75) is 39.7 Å². The second-order valence-electron chi connectivity index (χ2n) is 6.58. The lowest BCUT2D eigenvalue weighted by Crippen LogP contribution is -2.26. The lowest BCUT2D eigenvalue weighted by molar-refractivity contribution is 0.533. The third kappa shape index (κ3) is 2.54. The van der Waals surface area contributed by atoms with E-state index in [0.717, 1.165) is 19.6 Å². The first kappa shape index (κ1) is 13.4. The summed E-state index contributed by atoms with van der Waals surface area (Å²) in [5.74, 6) is 0.706. The quantitative estimate of drug-likeness (QED) is 0.878. The second kappa shape index (κ2) is 4.93. The fourth-order valence-corrected chi connectivity index (χ4v) is 3.09. The van der Waals surface area contributed by atoms with Gasteiger partial charge in [-0.2, -0.15) is 0 Å². The minimum Gasteiger partial charge on any atom is -0.373 e. The fraction of sp³-hybridized carbons (Fsp3) is 0.625. The Morgan fingerprint density at radius 1 is 1.33 bits per heavy atom. The van der Waals surface area contributed by atoms with Gasteiger partial charge >= 0.3 is 0 Å². The molecule has 1 aromatic carbocycles. The second-order valence-corrected chi connectivity index (χ2v) is 6.58. The molecule has 100 valence electrons. The molecule has 0 spiro atoms. The molecule has 1 heterocycles. The maximum atomic E-state index is 3.56. The van der Waals surface area contributed by atoms with Crippen molar-refractivity contribution in [1.82, 2.24) is 5.32 Å². The van der Waals surface area contributed by atoms with Gasteiger partial charge in [0.2, 0.25) is 0 Å². The minimum atomic E-state index is 0.264. The standard InChI is InChI=1S/C16H26N2/c1-12(2)9-17-10-13-7-6-8-14-15(13)16(3,4)11-18(14)5/h6-8,12,17H,9-11H2,1-5H3. The van der Waals surface area contributed by atoms with Gasteiger partial charge in [-0.25, -0.2) is 0 Å². The van der Waals surface area contributed by atoms with Gasteiger partial charge in [-0.15, -0.1) is 0 Å². The summed E-state index contributed by atoms with van der Waals surface area (Å²) in [5.41, 5.74) is 4.66. The maximum absolute atomic E-state index is 3.56. The Kier molecular flexibility index (Phi) is 3.67. The summed E-state index contributed by atoms with van der Waals surface area (Å²) in [4.78, 5) is 2.38. The number of nitrogens with zero attached hydrogens (tertiary/aromatic N) is 1. The molecule has 0 bridgehead atoms. The molecule has 1 N–H and O–H groups in total. The van der Waals surface area contributed by atoms with E-state index in [2.05, 4.69) is 63.2 Å². The van der Waals surface area contributed by atoms with E-state index >= 15 is 0 Å². The summed E-state index contributed by atoms with van der Waals surface area (Å²) in [5, 5.41) is 3.56. The van der Waals surface area contributed by atoms with Crippen LogP contribution in [0.3, 0.4) is 0 Å². The van der Waals surface area contributed by atoms with E-state index in [-0.39, 0.29) is 5.41 Å². The van der Waals surface area contributed by atoms with Crippen molar-refractivity contribution in [2.24, 2.45) is 5.92 Å². The first-order valence-corrected chi connectivity index (χ1v) is 6.96. The monoisotopic (exact) mass is 246 g/mol. The summed E-state index contributed by atoms with van der Waals surface area (Å²) >= 11 is 0. The van der Waals surface area contributed by atoms with Crippen molar-refractivity contribution >= 4 is 5.69 Å². The number of hydrogen-bond donors (Lipinski definition) is 1. The highest BCUT2D eigenvalue weighted by Gasteiger charge is 2.34. The number of nitrogens with one attached hydrogen (secondary N) is 1. The number of benzene rings is 1. The van der Waals surface area contributed by atoms with E-state index in [1.54, 1.807) is 0 Å². The Balaban J connectivity index is 2.23. The van der Waals surface area contributed by atoms with E-state index in [4.69, 9.17) is 0 Å². The normalized spacial score (nSPS) is 17.3. The van der Waals surface area contributed by atoms with Crippen molar-refractivity contribution in [3.05, 3.63) is 29.3 Å². The van der Waals surface area contributed by atoms with Crippen LogP contribution in [0.2, 0.25) is 0 Å². The van der Waals surface area contributed by atoms with Crippen LogP contribution in [0.4, 0.5) is 5.69 Å². The zero-order valence-electron chi connectivity index (χ0n) is 12.4. The number of hydrogen-bond acceptors (Lipinski definition) is 2. The van der Waals surface area contributed by atoms with Crippen molar-refractivity contribution < 1.29 is 0 Å². The van der Waals surface area contributed by atoms with Gasteiger partial charge < -0.3 is 10.2 Å². The van der Waals surface area contributed by atoms with Crippen molar-refractivity contribution in [3.63, 3.8) is 0 Å². The number of rotatable bonds is 4. The van der Waals surface area contributed by atoms with Crippen LogP contribution in [0, 0.1) is 5.92 Å². The van der Waals surface area contributed by atoms with Crippen molar-refractivity contribution in [1.29, 1.82) is 0 Å². The molecule has 0 amide bonds. The van der Waals surface area contributed by atoms with Gasteiger partial charge in [0.1, 0.15) is 0 Å². The van der Waals surface area contributed by atoms with Gasteiger partial charge in [0.25, 0.3) is 0 Å². The molecule has 0 aromatic heterocycles. The van der Waals surface area contributed by atoms with Crippen LogP contribution in [-0.4, -0.2) is 20.1 Å². The third-order valence-corrected chi connectivity index (χ3v) is 3.72. The first-order valence-electron chi connectivity index (χ1n) is 6.96. The molecule has 1 aromatic rings. The van der Waals surface area contributed by atoms with Gasteiger partial charge in [-0.3, -0.25) is 0 Å². The highest BCUT2D eigenvalue weighted by atomic mass is 15.1. The summed E-state index contributed by atoms with van der Waals surface area (Å²) in [6.07, 6.45) is 0. The van der Waals surface area contributed by atoms with Gasteiger partial charge in [-0.05, 0) is 29.7 Å². The molecular formula is C16H26N2. The summed E-state index contributed by atoms with van der Waals surface area (Å²) < 4.78 is 0. The van der Waals surface area contributed by atoms with Crippen LogP contribution in [0.15, 0.2) is 18.2 Å². The molecule has 0 atom stereocenters. The maximum Gasteiger partial charge on any atom is 0.0405 e. The molecular weight excluding hydrogens is 220 g/mol. The van der Waals surface area contributed by atoms with Crippen molar-refractivity contribution in [3.8, 4) is 0 Å². The predicted octanol–water partition coefficient (Wildman–Crippen LogP) is 3.16. The van der Waals surface area contributed by atoms with E-state index in [9.17, 15) is 0 Å². The topological polar surface area (TPSA) is 15.3 Å². The molecule has 18 heavy (non-hydrogen) atoms. The predicted molar refractivity (Wildman–Crippen MR) is 79.3 cm³/mol. The van der Waals surface area contributed by atoms with E-state index in [1.165, 1.54) is 16.8 Å². The highest BCUT2D eigenvalue weighted by molar-refractivity contribution is 5.64. The Bertz CT molecular complexity index is 421. The molecule has 0 aliphatic carbocycles. The molecule has 1 aliphatic heterocycles. The van der Waals surface area contributed by atoms with Gasteiger partial charge in [0.15, 0.2) is 0 Å². The molecule has 2 rings (SSSR count). The lowest BCUT2D eigenvalue weighted by atomic mass is 9.83. The zero-order chi connectivity index (χ0) is 13.3. The van der Waals surface area contributed by atoms with Crippen LogP contribution in [0.5, 0.6) is 0 Å². The van der Waals surface area contributed by atoms with E-state index in [0.29, 0.717) is 5.92 Å². The Morgan fingerprint density at radius 2 is 2.06 bits per heavy atom. The molecule has 0 radical (unpaired) electrons. The van der Waals surface area contributed by atoms with Gasteiger partial charge in [0, 0.05) is 31.2 Å². The average molecular weight is 246 g/mol. The SMILES string of the molecule is CC(C)CNCc1cccc2c1C(C)(C)CN2C. The smallest absolute Gasteiger partial charge is 0.0405 e. The minimum absolute atomic E-state index is 0.264. The molecule has 1 aliphatic rings. The Morgan fingerprint density at radius 3 is 2.72 bits per heavy atom. The lowest BCUT2D eigenvalue weighted by Gasteiger charge is -2.21. The summed E-state index contributed by atoms with van der Waals surface area (Å²) in [6.45, 7) is 12.4. The number of fused-ring (bicyclic) bond motifs is 1. The van der Waals surface area contributed by atoms with Crippen LogP contribution >= 0.6 is 0 Å². The number of likely N-dealkylation sites (N-methyl/N-ethyl adjacent to an activating group) is 1. The largest absolute Gasteiger partial charge is 0.373 e. The first-order chi connectivity index (χ1) is 8.42. The Hall–Kier alpha value is -1.02. The molecule has 0 saturated heterocycles. The molecule has 0 fully saturated rings. The van der Waals surface area contributed by atoms with E-state index < -0.39 is 0 Å². The van der Waals surface area contributed by atoms with Crippen LogP contribution in [0.1, 0.15) is 38.8 Å². The fourth-order valence-electron chi connectivity index (χ4n) is 3.09. The van der Waals surface area contributed by atoms with Gasteiger partial charge in [-0.1, -0.05) is 39.8 Å². The molecule has 0 unspecified atom stereocenters. The summed E-state index contributed by atoms with van der Waals surface area (Å²) in [7, 11) is 2.19. The van der Waals surface area contributed by atoms with Gasteiger partial charge in [0.05, 0.1) is 0 Å². The molecule has 2 heteroatoms. The van der Waals surface area contributed by atoms with Crippen molar-refractivity contribution in [2.75, 3.05) is 25.0 Å². The number of anilines is 1. The average Bonchev–Trinajstić information content (AvgIpc) is 2.50. The zero-order valence-corrected chi connectivity index (χ0v) is 12.4. The van der Waals surface area contributed by atoms with E-state index in [1.807, 2.05) is 0 Å². The molecule has 2 nitrogen and oxygen atoms in total. The summed E-state index contributed by atoms with van der Waals surface area (Å²) in [6, 6.07) is 6.70. The highest BCUT2D eigenvalue weighted by Crippen LogP contribution is 2.41. The molecule has 0 saturated carbocycles.